The van der Waals surface area contributed by atoms with Crippen molar-refractivity contribution in [2.45, 2.75) is 11.8 Å². The highest BCUT2D eigenvalue weighted by atomic mass is 32.1. The van der Waals surface area contributed by atoms with Gasteiger partial charge < -0.3 is 4.90 Å². The molecule has 98 valence electrons. The Morgan fingerprint density at radius 2 is 1.89 bits per heavy atom. The number of thiol groups is 1. The van der Waals surface area contributed by atoms with Gasteiger partial charge in [-0.2, -0.15) is 0 Å². The molecule has 0 fully saturated rings. The third-order valence-electron chi connectivity index (χ3n) is 2.81. The van der Waals surface area contributed by atoms with Crippen LogP contribution in [-0.2, 0) is 0 Å². The van der Waals surface area contributed by atoms with E-state index in [2.05, 4.69) is 12.6 Å². The fraction of sp³-hybridized carbons (Fsp3) is 0.133. The van der Waals surface area contributed by atoms with Crippen LogP contribution in [0.25, 0.3) is 0 Å². The van der Waals surface area contributed by atoms with E-state index in [1.54, 1.807) is 0 Å². The summed E-state index contributed by atoms with van der Waals surface area (Å²) in [6.45, 7) is 2.33. The second kappa shape index (κ2) is 5.89. The van der Waals surface area contributed by atoms with Crippen LogP contribution in [0, 0.1) is 5.82 Å². The molecule has 2 rings (SSSR count). The average molecular weight is 275 g/mol. The zero-order valence-corrected chi connectivity index (χ0v) is 11.4. The lowest BCUT2D eigenvalue weighted by atomic mass is 10.1. The van der Waals surface area contributed by atoms with Gasteiger partial charge in [-0.25, -0.2) is 4.39 Å². The lowest BCUT2D eigenvalue weighted by Crippen LogP contribution is -2.31. The highest BCUT2D eigenvalue weighted by Crippen LogP contribution is 2.20. The van der Waals surface area contributed by atoms with Crippen molar-refractivity contribution in [1.82, 2.24) is 0 Å². The smallest absolute Gasteiger partial charge is 0.261 e. The molecule has 0 saturated carbocycles. The quantitative estimate of drug-likeness (QED) is 0.845. The second-order valence-electron chi connectivity index (χ2n) is 4.05. The number of nitrogens with zero attached hydrogens (tertiary/aromatic N) is 1. The summed E-state index contributed by atoms with van der Waals surface area (Å²) in [5.74, 6) is -0.890. The molecule has 2 aromatic carbocycles. The highest BCUT2D eigenvalue weighted by Gasteiger charge is 2.19. The van der Waals surface area contributed by atoms with Crippen LogP contribution < -0.4 is 4.90 Å². The van der Waals surface area contributed by atoms with Crippen molar-refractivity contribution in [1.29, 1.82) is 0 Å². The molecule has 0 spiro atoms. The molecule has 0 saturated heterocycles. The van der Waals surface area contributed by atoms with Crippen LogP contribution in [0.4, 0.5) is 10.1 Å². The van der Waals surface area contributed by atoms with Gasteiger partial charge in [-0.1, -0.05) is 18.2 Å². The lowest BCUT2D eigenvalue weighted by molar-refractivity contribution is 0.0984. The van der Waals surface area contributed by atoms with E-state index >= 15 is 0 Å². The number of hydrogen-bond acceptors (Lipinski definition) is 2. The molecule has 2 nitrogen and oxygen atoms in total. The number of anilines is 1. The molecule has 0 aliphatic rings. The highest BCUT2D eigenvalue weighted by molar-refractivity contribution is 7.80. The summed E-state index contributed by atoms with van der Waals surface area (Å²) in [4.78, 5) is 14.5. The second-order valence-corrected chi connectivity index (χ2v) is 4.57. The van der Waals surface area contributed by atoms with E-state index in [9.17, 15) is 9.18 Å². The molecular weight excluding hydrogens is 261 g/mol. The molecule has 0 aliphatic heterocycles. The van der Waals surface area contributed by atoms with Gasteiger partial charge in [0.05, 0.1) is 5.56 Å². The Morgan fingerprint density at radius 3 is 2.53 bits per heavy atom. The van der Waals surface area contributed by atoms with Gasteiger partial charge in [-0.3, -0.25) is 4.79 Å². The van der Waals surface area contributed by atoms with Gasteiger partial charge in [0.15, 0.2) is 0 Å². The minimum atomic E-state index is -0.530. The maximum absolute atomic E-state index is 13.8. The summed E-state index contributed by atoms with van der Waals surface area (Å²) in [7, 11) is 0. The molecule has 0 aromatic heterocycles. The summed E-state index contributed by atoms with van der Waals surface area (Å²) >= 11 is 4.14. The van der Waals surface area contributed by atoms with Crippen LogP contribution >= 0.6 is 12.6 Å². The first-order chi connectivity index (χ1) is 9.13. The van der Waals surface area contributed by atoms with Crippen LogP contribution in [0.3, 0.4) is 0 Å². The first-order valence-electron chi connectivity index (χ1n) is 5.99. The van der Waals surface area contributed by atoms with Crippen molar-refractivity contribution in [2.75, 3.05) is 11.4 Å². The number of benzene rings is 2. The van der Waals surface area contributed by atoms with E-state index in [0.717, 1.165) is 5.69 Å². The Bertz CT molecular complexity index is 586. The number of carbonyl (C=O) groups is 1. The topological polar surface area (TPSA) is 20.3 Å². The molecule has 0 radical (unpaired) electrons. The lowest BCUT2D eigenvalue weighted by Gasteiger charge is -2.21. The molecule has 19 heavy (non-hydrogen) atoms. The Kier molecular flexibility index (Phi) is 4.22. The van der Waals surface area contributed by atoms with E-state index in [0.29, 0.717) is 11.4 Å². The minimum absolute atomic E-state index is 0.0400. The zero-order valence-electron chi connectivity index (χ0n) is 10.5. The first-order valence-corrected chi connectivity index (χ1v) is 6.43. The third kappa shape index (κ3) is 2.96. The van der Waals surface area contributed by atoms with Crippen LogP contribution in [0.15, 0.2) is 53.4 Å². The fourth-order valence-corrected chi connectivity index (χ4v) is 2.08. The molecule has 0 unspecified atom stereocenters. The van der Waals surface area contributed by atoms with Crippen molar-refractivity contribution in [3.8, 4) is 0 Å². The van der Waals surface area contributed by atoms with Crippen molar-refractivity contribution in [3.63, 3.8) is 0 Å². The Balaban J connectivity index is 2.39. The van der Waals surface area contributed by atoms with Crippen LogP contribution in [0.2, 0.25) is 0 Å². The summed E-state index contributed by atoms with van der Waals surface area (Å²) < 4.78 is 13.8. The van der Waals surface area contributed by atoms with Crippen LogP contribution in [0.5, 0.6) is 0 Å². The van der Waals surface area contributed by atoms with Gasteiger partial charge in [0.25, 0.3) is 5.91 Å². The predicted octanol–water partition coefficient (Wildman–Crippen LogP) is 3.78. The molecule has 0 atom stereocenters. The first kappa shape index (κ1) is 13.6. The Morgan fingerprint density at radius 1 is 1.21 bits per heavy atom. The number of para-hydroxylation sites is 1. The van der Waals surface area contributed by atoms with Gasteiger partial charge in [0, 0.05) is 17.1 Å². The largest absolute Gasteiger partial charge is 0.309 e. The maximum atomic E-state index is 13.8. The van der Waals surface area contributed by atoms with E-state index < -0.39 is 5.82 Å². The maximum Gasteiger partial charge on any atom is 0.261 e. The van der Waals surface area contributed by atoms with Crippen LogP contribution in [-0.4, -0.2) is 12.5 Å². The van der Waals surface area contributed by atoms with Gasteiger partial charge in [-0.15, -0.1) is 12.6 Å². The number of halogens is 1. The predicted molar refractivity (Wildman–Crippen MR) is 77.4 cm³/mol. The zero-order chi connectivity index (χ0) is 13.8. The number of amides is 1. The number of carbonyl (C=O) groups excluding carboxylic acids is 1. The van der Waals surface area contributed by atoms with Crippen molar-refractivity contribution in [2.24, 2.45) is 0 Å². The van der Waals surface area contributed by atoms with Crippen LogP contribution in [0.1, 0.15) is 17.3 Å². The summed E-state index contributed by atoms with van der Waals surface area (Å²) in [5, 5.41) is 0. The molecule has 1 amide bonds. The van der Waals surface area contributed by atoms with Gasteiger partial charge in [0.1, 0.15) is 5.82 Å². The monoisotopic (exact) mass is 275 g/mol. The number of hydrogen-bond donors (Lipinski definition) is 1. The van der Waals surface area contributed by atoms with Crippen molar-refractivity contribution >= 4 is 24.2 Å². The van der Waals surface area contributed by atoms with Gasteiger partial charge in [0.2, 0.25) is 0 Å². The molecule has 0 aliphatic carbocycles. The summed E-state index contributed by atoms with van der Waals surface area (Å²) in [6.07, 6.45) is 0. The average Bonchev–Trinajstić information content (AvgIpc) is 2.43. The van der Waals surface area contributed by atoms with E-state index in [1.807, 2.05) is 37.3 Å². The third-order valence-corrected chi connectivity index (χ3v) is 3.09. The molecule has 0 N–H and O–H groups in total. The van der Waals surface area contributed by atoms with E-state index in [4.69, 9.17) is 0 Å². The Hall–Kier alpha value is -1.81. The molecule has 4 heteroatoms. The standard InChI is InChI=1S/C15H14FNOS/c1-2-17(11-6-4-3-5-7-11)15(18)13-10-12(19)8-9-14(13)16/h3-10,19H,2H2,1H3. The van der Waals surface area contributed by atoms with Crippen molar-refractivity contribution < 1.29 is 9.18 Å². The SMILES string of the molecule is CCN(C(=O)c1cc(S)ccc1F)c1ccccc1. The molecule has 0 heterocycles. The van der Waals surface area contributed by atoms with E-state index in [1.165, 1.54) is 23.1 Å². The number of rotatable bonds is 3. The molecule has 0 bridgehead atoms. The van der Waals surface area contributed by atoms with E-state index in [-0.39, 0.29) is 11.5 Å². The van der Waals surface area contributed by atoms with Crippen molar-refractivity contribution in [3.05, 3.63) is 59.9 Å². The van der Waals surface area contributed by atoms with Gasteiger partial charge in [-0.05, 0) is 37.3 Å². The summed E-state index contributed by atoms with van der Waals surface area (Å²) in [6, 6.07) is 13.4. The summed E-state index contributed by atoms with van der Waals surface area (Å²) in [5.41, 5.74) is 0.789. The molecule has 2 aromatic rings. The fourth-order valence-electron chi connectivity index (χ4n) is 1.87. The minimum Gasteiger partial charge on any atom is -0.309 e. The normalized spacial score (nSPS) is 10.3. The Labute approximate surface area is 117 Å². The molecular formula is C15H14FNOS. The van der Waals surface area contributed by atoms with Gasteiger partial charge >= 0.3 is 0 Å².